The van der Waals surface area contributed by atoms with E-state index in [1.165, 1.54) is 12.1 Å². The SMILES string of the molecule is CC(C)c1cc(N)cc(O)c(=O)c1. The van der Waals surface area contributed by atoms with E-state index in [0.29, 0.717) is 5.69 Å². The van der Waals surface area contributed by atoms with Gasteiger partial charge in [0.2, 0.25) is 5.43 Å². The molecule has 3 N–H and O–H groups in total. The van der Waals surface area contributed by atoms with Crippen LogP contribution in [0.4, 0.5) is 5.69 Å². The van der Waals surface area contributed by atoms with Crippen molar-refractivity contribution in [2.75, 3.05) is 5.73 Å². The zero-order valence-corrected chi connectivity index (χ0v) is 7.74. The first-order valence-electron chi connectivity index (χ1n) is 4.14. The van der Waals surface area contributed by atoms with Gasteiger partial charge in [0, 0.05) is 11.8 Å². The molecular weight excluding hydrogens is 166 g/mol. The van der Waals surface area contributed by atoms with Gasteiger partial charge in [-0.15, -0.1) is 0 Å². The van der Waals surface area contributed by atoms with Gasteiger partial charge in [0.1, 0.15) is 0 Å². The first-order valence-corrected chi connectivity index (χ1v) is 4.14. The Bertz CT molecular complexity index is 372. The Morgan fingerprint density at radius 3 is 2.46 bits per heavy atom. The molecule has 0 fully saturated rings. The topological polar surface area (TPSA) is 63.3 Å². The average molecular weight is 179 g/mol. The standard InChI is InChI=1S/C10H13NO2/c1-6(2)7-3-8(11)5-10(13)9(12)4-7/h3-6H,11H2,1-2H3,(H,12,13). The Morgan fingerprint density at radius 1 is 1.31 bits per heavy atom. The van der Waals surface area contributed by atoms with Crippen LogP contribution in [-0.4, -0.2) is 5.11 Å². The van der Waals surface area contributed by atoms with Gasteiger partial charge in [-0.3, -0.25) is 4.79 Å². The molecule has 3 heteroatoms. The van der Waals surface area contributed by atoms with Crippen molar-refractivity contribution < 1.29 is 5.11 Å². The molecule has 0 aliphatic carbocycles. The molecule has 0 radical (unpaired) electrons. The number of hydrogen-bond donors (Lipinski definition) is 2. The van der Waals surface area contributed by atoms with E-state index in [0.717, 1.165) is 5.56 Å². The minimum atomic E-state index is -0.389. The average Bonchev–Trinajstić information content (AvgIpc) is 2.12. The van der Waals surface area contributed by atoms with Crippen molar-refractivity contribution in [2.24, 2.45) is 0 Å². The van der Waals surface area contributed by atoms with Gasteiger partial charge in [0.25, 0.3) is 0 Å². The minimum Gasteiger partial charge on any atom is -0.504 e. The second-order valence-electron chi connectivity index (χ2n) is 3.34. The smallest absolute Gasteiger partial charge is 0.220 e. The lowest BCUT2D eigenvalue weighted by Crippen LogP contribution is -1.96. The van der Waals surface area contributed by atoms with Crippen LogP contribution in [0.15, 0.2) is 23.0 Å². The normalized spacial score (nSPS) is 10.4. The van der Waals surface area contributed by atoms with E-state index < -0.39 is 0 Å². The van der Waals surface area contributed by atoms with Crippen molar-refractivity contribution >= 4 is 5.69 Å². The molecule has 1 aromatic carbocycles. The molecule has 0 bridgehead atoms. The minimum absolute atomic E-state index is 0.224. The number of nitrogen functional groups attached to an aromatic ring is 1. The summed E-state index contributed by atoms with van der Waals surface area (Å²) in [7, 11) is 0. The van der Waals surface area contributed by atoms with Crippen LogP contribution < -0.4 is 11.2 Å². The summed E-state index contributed by atoms with van der Waals surface area (Å²) in [6.07, 6.45) is 0. The van der Waals surface area contributed by atoms with Crippen LogP contribution in [-0.2, 0) is 0 Å². The van der Waals surface area contributed by atoms with E-state index in [4.69, 9.17) is 5.73 Å². The highest BCUT2D eigenvalue weighted by molar-refractivity contribution is 5.45. The predicted molar refractivity (Wildman–Crippen MR) is 52.9 cm³/mol. The summed E-state index contributed by atoms with van der Waals surface area (Å²) in [5, 5.41) is 9.17. The lowest BCUT2D eigenvalue weighted by molar-refractivity contribution is 0.471. The van der Waals surface area contributed by atoms with Crippen LogP contribution in [0.3, 0.4) is 0 Å². The van der Waals surface area contributed by atoms with Crippen LogP contribution in [0.2, 0.25) is 0 Å². The van der Waals surface area contributed by atoms with Gasteiger partial charge in [-0.25, -0.2) is 0 Å². The molecule has 1 rings (SSSR count). The van der Waals surface area contributed by atoms with Crippen molar-refractivity contribution in [1.29, 1.82) is 0 Å². The Morgan fingerprint density at radius 2 is 1.92 bits per heavy atom. The highest BCUT2D eigenvalue weighted by atomic mass is 16.3. The van der Waals surface area contributed by atoms with Gasteiger partial charge in [0.05, 0.1) is 0 Å². The summed E-state index contributed by atoms with van der Waals surface area (Å²) in [6.45, 7) is 3.93. The van der Waals surface area contributed by atoms with Crippen molar-refractivity contribution in [3.8, 4) is 5.75 Å². The molecule has 0 unspecified atom stereocenters. The second kappa shape index (κ2) is 3.47. The van der Waals surface area contributed by atoms with Crippen molar-refractivity contribution in [1.82, 2.24) is 0 Å². The fourth-order valence-corrected chi connectivity index (χ4v) is 1.06. The molecule has 0 atom stereocenters. The third kappa shape index (κ3) is 2.21. The van der Waals surface area contributed by atoms with E-state index in [2.05, 4.69) is 0 Å². The number of nitrogens with two attached hydrogens (primary N) is 1. The Kier molecular flexibility index (Phi) is 2.56. The van der Waals surface area contributed by atoms with Crippen LogP contribution >= 0.6 is 0 Å². The molecule has 0 heterocycles. The molecule has 0 spiro atoms. The molecule has 0 aromatic heterocycles. The molecular formula is C10H13NO2. The number of anilines is 1. The second-order valence-corrected chi connectivity index (χ2v) is 3.34. The Balaban J connectivity index is 3.45. The summed E-state index contributed by atoms with van der Waals surface area (Å²) in [5.74, 6) is -0.0776. The number of aromatic hydroxyl groups is 1. The number of rotatable bonds is 1. The molecule has 0 saturated carbocycles. The zero-order chi connectivity index (χ0) is 10.0. The summed E-state index contributed by atoms with van der Waals surface area (Å²) in [6, 6.07) is 4.39. The van der Waals surface area contributed by atoms with Crippen molar-refractivity contribution in [3.63, 3.8) is 0 Å². The predicted octanol–water partition coefficient (Wildman–Crippen LogP) is 1.46. The third-order valence-corrected chi connectivity index (χ3v) is 1.85. The molecule has 0 aliphatic heterocycles. The fraction of sp³-hybridized carbons (Fsp3) is 0.300. The molecule has 0 saturated heterocycles. The molecule has 1 aromatic rings. The maximum absolute atomic E-state index is 11.2. The first-order chi connectivity index (χ1) is 6.00. The molecule has 0 aliphatic rings. The number of hydrogen-bond acceptors (Lipinski definition) is 3. The monoisotopic (exact) mass is 179 g/mol. The van der Waals surface area contributed by atoms with Crippen LogP contribution in [0.5, 0.6) is 5.75 Å². The van der Waals surface area contributed by atoms with Crippen LogP contribution in [0.25, 0.3) is 0 Å². The van der Waals surface area contributed by atoms with E-state index in [-0.39, 0.29) is 17.1 Å². The maximum atomic E-state index is 11.2. The van der Waals surface area contributed by atoms with Gasteiger partial charge < -0.3 is 10.8 Å². The largest absolute Gasteiger partial charge is 0.504 e. The van der Waals surface area contributed by atoms with E-state index in [1.807, 2.05) is 13.8 Å². The summed E-state index contributed by atoms with van der Waals surface area (Å²) in [4.78, 5) is 11.2. The van der Waals surface area contributed by atoms with Gasteiger partial charge in [0.15, 0.2) is 5.75 Å². The van der Waals surface area contributed by atoms with E-state index in [1.54, 1.807) is 6.07 Å². The van der Waals surface area contributed by atoms with Crippen LogP contribution in [0.1, 0.15) is 25.3 Å². The third-order valence-electron chi connectivity index (χ3n) is 1.85. The highest BCUT2D eigenvalue weighted by Gasteiger charge is 2.02. The first kappa shape index (κ1) is 9.58. The quantitative estimate of drug-likeness (QED) is 0.686. The van der Waals surface area contributed by atoms with Crippen molar-refractivity contribution in [2.45, 2.75) is 19.8 Å². The summed E-state index contributed by atoms with van der Waals surface area (Å²) in [5.41, 5.74) is 6.40. The fourth-order valence-electron chi connectivity index (χ4n) is 1.06. The van der Waals surface area contributed by atoms with Gasteiger partial charge >= 0.3 is 0 Å². The summed E-state index contributed by atoms with van der Waals surface area (Å²) >= 11 is 0. The van der Waals surface area contributed by atoms with Gasteiger partial charge in [-0.05, 0) is 23.6 Å². The van der Waals surface area contributed by atoms with Gasteiger partial charge in [-0.2, -0.15) is 0 Å². The Labute approximate surface area is 76.8 Å². The Hall–Kier alpha value is -1.51. The lowest BCUT2D eigenvalue weighted by atomic mass is 10.1. The zero-order valence-electron chi connectivity index (χ0n) is 7.74. The van der Waals surface area contributed by atoms with Crippen molar-refractivity contribution in [3.05, 3.63) is 34.0 Å². The van der Waals surface area contributed by atoms with Crippen LogP contribution in [0, 0.1) is 0 Å². The highest BCUT2D eigenvalue weighted by Crippen LogP contribution is 2.16. The van der Waals surface area contributed by atoms with E-state index in [9.17, 15) is 9.90 Å². The molecule has 0 amide bonds. The molecule has 13 heavy (non-hydrogen) atoms. The lowest BCUT2D eigenvalue weighted by Gasteiger charge is -2.00. The maximum Gasteiger partial charge on any atom is 0.220 e. The molecule has 3 nitrogen and oxygen atoms in total. The van der Waals surface area contributed by atoms with E-state index >= 15 is 0 Å². The van der Waals surface area contributed by atoms with Gasteiger partial charge in [-0.1, -0.05) is 13.8 Å². The molecule has 70 valence electrons. The summed E-state index contributed by atoms with van der Waals surface area (Å²) < 4.78 is 0.